The van der Waals surface area contributed by atoms with Gasteiger partial charge in [-0.3, -0.25) is 0 Å². The third-order valence-corrected chi connectivity index (χ3v) is 0.457. The van der Waals surface area contributed by atoms with E-state index in [-0.39, 0.29) is 24.4 Å². The Kier molecular flexibility index (Phi) is 2.08. The number of nitrogen functional groups attached to an aromatic ring is 2. The van der Waals surface area contributed by atoms with Crippen molar-refractivity contribution in [1.29, 1.82) is 0 Å². The lowest BCUT2D eigenvalue weighted by Gasteiger charge is -1.66. The summed E-state index contributed by atoms with van der Waals surface area (Å²) in [6, 6.07) is -0.00231. The van der Waals surface area contributed by atoms with Gasteiger partial charge in [-0.2, -0.15) is 4.98 Å². The molecule has 0 unspecified atom stereocenters. The van der Waals surface area contributed by atoms with E-state index in [0.717, 1.165) is 0 Å². The Balaban J connectivity index is 0.000000490. The molecule has 5 nitrogen and oxygen atoms in total. The summed E-state index contributed by atoms with van der Waals surface area (Å²) in [6.07, 6.45) is 0. The Morgan fingerprint density at radius 3 is 2.12 bits per heavy atom. The minimum Gasteiger partial charge on any atom is -0.365 e. The first-order valence-corrected chi connectivity index (χ1v) is 1.63. The van der Waals surface area contributed by atoms with Gasteiger partial charge in [0.15, 0.2) is 0 Å². The molecule has 0 spiro atoms. The van der Waals surface area contributed by atoms with E-state index < -0.39 is 0 Å². The van der Waals surface area contributed by atoms with Crippen LogP contribution in [0.5, 0.6) is 0 Å². The Morgan fingerprint density at radius 1 is 1.38 bits per heavy atom. The van der Waals surface area contributed by atoms with E-state index >= 15 is 0 Å². The van der Waals surface area contributed by atoms with Crippen molar-refractivity contribution in [3.05, 3.63) is 0 Å². The van der Waals surface area contributed by atoms with Gasteiger partial charge in [0, 0.05) is 0 Å². The summed E-state index contributed by atoms with van der Waals surface area (Å²) in [5.74, 6) is 0.0671. The van der Waals surface area contributed by atoms with Crippen molar-refractivity contribution in [2.45, 2.75) is 0 Å². The van der Waals surface area contributed by atoms with E-state index in [1.807, 2.05) is 0 Å². The molecular formula is C2H5ClN4O. The van der Waals surface area contributed by atoms with Gasteiger partial charge in [0.2, 0.25) is 0 Å². The highest BCUT2D eigenvalue weighted by atomic mass is 35.5. The molecule has 1 aromatic heterocycles. The van der Waals surface area contributed by atoms with E-state index in [9.17, 15) is 0 Å². The van der Waals surface area contributed by atoms with Gasteiger partial charge in [-0.15, -0.1) is 12.4 Å². The average Bonchev–Trinajstić information content (AvgIpc) is 1.87. The van der Waals surface area contributed by atoms with Crippen LogP contribution in [0.15, 0.2) is 4.52 Å². The summed E-state index contributed by atoms with van der Waals surface area (Å²) in [6.45, 7) is 0. The lowest BCUT2D eigenvalue weighted by atomic mass is 11.1. The highest BCUT2D eigenvalue weighted by Gasteiger charge is 1.91. The number of anilines is 2. The third kappa shape index (κ3) is 1.27. The molecule has 0 aliphatic heterocycles. The molecule has 1 heterocycles. The fourth-order valence-electron chi connectivity index (χ4n) is 0.247. The van der Waals surface area contributed by atoms with E-state index in [1.165, 1.54) is 0 Å². The fraction of sp³-hybridized carbons (Fsp3) is 0. The van der Waals surface area contributed by atoms with Crippen LogP contribution in [-0.2, 0) is 0 Å². The summed E-state index contributed by atoms with van der Waals surface area (Å²) in [7, 11) is 0. The second-order valence-corrected chi connectivity index (χ2v) is 0.991. The molecule has 0 atom stereocenters. The van der Waals surface area contributed by atoms with Crippen LogP contribution in [0.1, 0.15) is 0 Å². The largest absolute Gasteiger partial charge is 0.365 e. The van der Waals surface area contributed by atoms with Gasteiger partial charge in [0.25, 0.3) is 5.95 Å². The Hall–Kier alpha value is -0.970. The minimum absolute atomic E-state index is 0. The number of hydrogen-bond donors (Lipinski definition) is 2. The van der Waals surface area contributed by atoms with Crippen LogP contribution in [0.3, 0.4) is 0 Å². The number of hydrogen-bond acceptors (Lipinski definition) is 5. The first kappa shape index (κ1) is 7.03. The van der Waals surface area contributed by atoms with Crippen LogP contribution in [-0.4, -0.2) is 10.1 Å². The molecule has 0 aliphatic carbocycles. The summed E-state index contributed by atoms with van der Waals surface area (Å²) in [5.41, 5.74) is 9.94. The standard InChI is InChI=1S/C2H4N4O.ClH/c3-1-5-2(4)7-6-1;/h(H4,3,4,5,6);1H. The molecule has 0 bridgehead atoms. The molecule has 0 saturated heterocycles. The zero-order chi connectivity index (χ0) is 5.28. The average molecular weight is 137 g/mol. The van der Waals surface area contributed by atoms with Crippen molar-refractivity contribution in [2.24, 2.45) is 0 Å². The lowest BCUT2D eigenvalue weighted by Crippen LogP contribution is -1.87. The van der Waals surface area contributed by atoms with Crippen LogP contribution in [0.25, 0.3) is 0 Å². The van der Waals surface area contributed by atoms with Crippen molar-refractivity contribution >= 4 is 24.4 Å². The number of nitrogens with two attached hydrogens (primary N) is 2. The van der Waals surface area contributed by atoms with Gasteiger partial charge < -0.3 is 16.0 Å². The lowest BCUT2D eigenvalue weighted by molar-refractivity contribution is 0.437. The predicted molar refractivity (Wildman–Crippen MR) is 30.4 cm³/mol. The van der Waals surface area contributed by atoms with E-state index in [0.29, 0.717) is 0 Å². The quantitative estimate of drug-likeness (QED) is 0.509. The third-order valence-electron chi connectivity index (χ3n) is 0.457. The zero-order valence-electron chi connectivity index (χ0n) is 3.87. The van der Waals surface area contributed by atoms with Gasteiger partial charge in [-0.05, 0) is 5.16 Å². The summed E-state index contributed by atoms with van der Waals surface area (Å²) in [4.78, 5) is 3.39. The van der Waals surface area contributed by atoms with Gasteiger partial charge in [0.1, 0.15) is 0 Å². The van der Waals surface area contributed by atoms with Gasteiger partial charge >= 0.3 is 6.01 Å². The molecule has 0 aromatic carbocycles. The monoisotopic (exact) mass is 136 g/mol. The van der Waals surface area contributed by atoms with Crippen LogP contribution in [0.2, 0.25) is 0 Å². The maximum Gasteiger partial charge on any atom is 0.320 e. The molecular weight excluding hydrogens is 132 g/mol. The fourth-order valence-corrected chi connectivity index (χ4v) is 0.247. The first-order valence-electron chi connectivity index (χ1n) is 1.63. The van der Waals surface area contributed by atoms with Crippen LogP contribution < -0.4 is 11.5 Å². The first-order chi connectivity index (χ1) is 3.29. The minimum atomic E-state index is -0.00231. The van der Waals surface area contributed by atoms with Gasteiger partial charge in [-0.25, -0.2) is 0 Å². The van der Waals surface area contributed by atoms with Crippen LogP contribution >= 0.6 is 12.4 Å². The molecule has 8 heavy (non-hydrogen) atoms. The van der Waals surface area contributed by atoms with Crippen molar-refractivity contribution < 1.29 is 4.52 Å². The van der Waals surface area contributed by atoms with E-state index in [1.54, 1.807) is 0 Å². The smallest absolute Gasteiger partial charge is 0.320 e. The Bertz CT molecular complexity index is 146. The second kappa shape index (κ2) is 2.37. The number of halogens is 1. The highest BCUT2D eigenvalue weighted by Crippen LogP contribution is 1.95. The molecule has 0 aliphatic rings. The van der Waals surface area contributed by atoms with Gasteiger partial charge in [0.05, 0.1) is 0 Å². The molecule has 1 aromatic rings. The summed E-state index contributed by atoms with van der Waals surface area (Å²) < 4.78 is 4.26. The topological polar surface area (TPSA) is 91.0 Å². The molecule has 0 amide bonds. The Morgan fingerprint density at radius 2 is 2.00 bits per heavy atom. The second-order valence-electron chi connectivity index (χ2n) is 0.991. The molecule has 6 heteroatoms. The van der Waals surface area contributed by atoms with E-state index in [4.69, 9.17) is 11.5 Å². The molecule has 0 saturated carbocycles. The zero-order valence-corrected chi connectivity index (χ0v) is 4.68. The Labute approximate surface area is 51.4 Å². The normalized spacial score (nSPS) is 8.00. The summed E-state index contributed by atoms with van der Waals surface area (Å²) >= 11 is 0. The van der Waals surface area contributed by atoms with E-state index in [2.05, 4.69) is 14.7 Å². The molecule has 4 N–H and O–H groups in total. The maximum atomic E-state index is 4.98. The van der Waals surface area contributed by atoms with Crippen LogP contribution in [0, 0.1) is 0 Å². The molecule has 46 valence electrons. The van der Waals surface area contributed by atoms with Crippen molar-refractivity contribution in [1.82, 2.24) is 10.1 Å². The number of nitrogens with zero attached hydrogens (tertiary/aromatic N) is 2. The summed E-state index contributed by atoms with van der Waals surface area (Å²) in [5, 5.41) is 3.18. The molecule has 1 rings (SSSR count). The van der Waals surface area contributed by atoms with Crippen molar-refractivity contribution in [3.8, 4) is 0 Å². The molecule has 0 radical (unpaired) electrons. The van der Waals surface area contributed by atoms with Crippen molar-refractivity contribution in [3.63, 3.8) is 0 Å². The SMILES string of the molecule is Cl.Nc1noc(N)n1. The van der Waals surface area contributed by atoms with Crippen molar-refractivity contribution in [2.75, 3.05) is 11.5 Å². The number of aromatic nitrogens is 2. The molecule has 0 fully saturated rings. The number of rotatable bonds is 0. The maximum absolute atomic E-state index is 4.98. The highest BCUT2D eigenvalue weighted by molar-refractivity contribution is 5.85. The predicted octanol–water partition coefficient (Wildman–Crippen LogP) is -0.344. The van der Waals surface area contributed by atoms with Gasteiger partial charge in [-0.1, -0.05) is 0 Å². The van der Waals surface area contributed by atoms with Crippen LogP contribution in [0.4, 0.5) is 12.0 Å².